The van der Waals surface area contributed by atoms with E-state index in [2.05, 4.69) is 0 Å². The highest BCUT2D eigenvalue weighted by Gasteiger charge is 2.14. The molecule has 0 aliphatic rings. The second-order valence-electron chi connectivity index (χ2n) is 5.40. The molecule has 3 rings (SSSR count). The van der Waals surface area contributed by atoms with Crippen LogP contribution in [0.2, 0.25) is 10.0 Å². The summed E-state index contributed by atoms with van der Waals surface area (Å²) < 4.78 is 2.03. The molecule has 1 N–H and O–H groups in total. The second kappa shape index (κ2) is 7.12. The van der Waals surface area contributed by atoms with E-state index in [0.717, 1.165) is 22.6 Å². The molecule has 0 atom stereocenters. The van der Waals surface area contributed by atoms with Gasteiger partial charge >= 0.3 is 5.97 Å². The van der Waals surface area contributed by atoms with E-state index in [0.29, 0.717) is 16.5 Å². The number of hydrogen-bond donors (Lipinski definition) is 1. The van der Waals surface area contributed by atoms with Gasteiger partial charge in [0.05, 0.1) is 22.2 Å². The van der Waals surface area contributed by atoms with Crippen LogP contribution in [0.1, 0.15) is 12.1 Å². The molecule has 0 saturated carbocycles. The van der Waals surface area contributed by atoms with E-state index in [1.165, 1.54) is 0 Å². The van der Waals surface area contributed by atoms with Gasteiger partial charge in [0, 0.05) is 11.4 Å². The molecule has 0 aliphatic carbocycles. The van der Waals surface area contributed by atoms with Gasteiger partial charge in [-0.05, 0) is 42.3 Å². The van der Waals surface area contributed by atoms with Crippen molar-refractivity contribution in [3.05, 3.63) is 76.4 Å². The van der Waals surface area contributed by atoms with Gasteiger partial charge in [0.1, 0.15) is 0 Å². The normalized spacial score (nSPS) is 10.8. The van der Waals surface area contributed by atoms with Crippen molar-refractivity contribution in [3.8, 4) is 16.9 Å². The number of aryl methyl sites for hydroxylation is 1. The van der Waals surface area contributed by atoms with Gasteiger partial charge in [-0.1, -0.05) is 53.5 Å². The molecule has 3 aromatic rings. The maximum atomic E-state index is 10.9. The van der Waals surface area contributed by atoms with Gasteiger partial charge in [-0.2, -0.15) is 0 Å². The van der Waals surface area contributed by atoms with Crippen molar-refractivity contribution >= 4 is 29.2 Å². The predicted molar refractivity (Wildman–Crippen MR) is 97.2 cm³/mol. The van der Waals surface area contributed by atoms with Crippen LogP contribution >= 0.6 is 23.2 Å². The van der Waals surface area contributed by atoms with Crippen molar-refractivity contribution < 1.29 is 9.90 Å². The third-order valence-corrected chi connectivity index (χ3v) is 4.53. The van der Waals surface area contributed by atoms with Crippen molar-refractivity contribution in [2.75, 3.05) is 0 Å². The van der Waals surface area contributed by atoms with Crippen LogP contribution in [0.5, 0.6) is 0 Å². The Hall–Kier alpha value is -2.23. The van der Waals surface area contributed by atoms with E-state index in [9.17, 15) is 4.79 Å². The Morgan fingerprint density at radius 3 is 2.38 bits per heavy atom. The molecule has 0 aliphatic heterocycles. The van der Waals surface area contributed by atoms with Gasteiger partial charge in [-0.15, -0.1) is 0 Å². The summed E-state index contributed by atoms with van der Waals surface area (Å²) in [6, 6.07) is 19.3. The van der Waals surface area contributed by atoms with Gasteiger partial charge in [-0.25, -0.2) is 0 Å². The van der Waals surface area contributed by atoms with Crippen molar-refractivity contribution in [3.63, 3.8) is 0 Å². The van der Waals surface area contributed by atoms with Gasteiger partial charge in [0.25, 0.3) is 0 Å². The van der Waals surface area contributed by atoms with Crippen LogP contribution in [-0.2, 0) is 11.2 Å². The molecular weight excluding hydrogens is 345 g/mol. The summed E-state index contributed by atoms with van der Waals surface area (Å²) in [5.74, 6) is -0.821. The molecule has 5 heteroatoms. The average Bonchev–Trinajstić information content (AvgIpc) is 3.00. The van der Waals surface area contributed by atoms with Gasteiger partial charge < -0.3 is 9.67 Å². The number of carbonyl (C=O) groups is 1. The Morgan fingerprint density at radius 2 is 1.71 bits per heavy atom. The summed E-state index contributed by atoms with van der Waals surface area (Å²) in [5.41, 5.74) is 3.79. The summed E-state index contributed by atoms with van der Waals surface area (Å²) in [6.45, 7) is 0. The molecule has 0 saturated heterocycles. The zero-order valence-corrected chi connectivity index (χ0v) is 14.3. The fourth-order valence-electron chi connectivity index (χ4n) is 2.67. The first kappa shape index (κ1) is 16.6. The zero-order chi connectivity index (χ0) is 17.1. The number of benzene rings is 2. The predicted octanol–water partition coefficient (Wildman–Crippen LogP) is 5.47. The largest absolute Gasteiger partial charge is 0.481 e. The van der Waals surface area contributed by atoms with Crippen molar-refractivity contribution in [2.24, 2.45) is 0 Å². The van der Waals surface area contributed by atoms with Crippen LogP contribution in [0.15, 0.2) is 60.7 Å². The minimum atomic E-state index is -0.821. The molecule has 122 valence electrons. The third-order valence-electron chi connectivity index (χ3n) is 3.79. The Bertz CT molecular complexity index is 872. The van der Waals surface area contributed by atoms with Crippen LogP contribution < -0.4 is 0 Å². The molecule has 0 radical (unpaired) electrons. The number of carboxylic acids is 1. The zero-order valence-electron chi connectivity index (χ0n) is 12.7. The highest BCUT2D eigenvalue weighted by Crippen LogP contribution is 2.31. The molecular formula is C19H15Cl2NO2. The SMILES string of the molecule is O=C(O)CCc1ccc(-c2ccccc2)n1-c1ccc(Cl)c(Cl)c1. The molecule has 0 fully saturated rings. The first-order chi connectivity index (χ1) is 11.6. The fourth-order valence-corrected chi connectivity index (χ4v) is 2.96. The first-order valence-electron chi connectivity index (χ1n) is 7.49. The lowest BCUT2D eigenvalue weighted by Gasteiger charge is -2.14. The Labute approximate surface area is 150 Å². The van der Waals surface area contributed by atoms with Gasteiger partial charge in [0.2, 0.25) is 0 Å². The molecule has 24 heavy (non-hydrogen) atoms. The summed E-state index contributed by atoms with van der Waals surface area (Å²) in [7, 11) is 0. The van der Waals surface area contributed by atoms with Crippen LogP contribution in [-0.4, -0.2) is 15.6 Å². The minimum absolute atomic E-state index is 0.0690. The molecule has 2 aromatic carbocycles. The molecule has 0 amide bonds. The van der Waals surface area contributed by atoms with Gasteiger partial charge in [-0.3, -0.25) is 4.79 Å². The maximum Gasteiger partial charge on any atom is 0.303 e. The highest BCUT2D eigenvalue weighted by molar-refractivity contribution is 6.42. The number of aliphatic carboxylic acids is 1. The number of hydrogen-bond acceptors (Lipinski definition) is 1. The average molecular weight is 360 g/mol. The summed E-state index contributed by atoms with van der Waals surface area (Å²) in [6.07, 6.45) is 0.502. The number of rotatable bonds is 5. The van der Waals surface area contributed by atoms with Crippen molar-refractivity contribution in [2.45, 2.75) is 12.8 Å². The summed E-state index contributed by atoms with van der Waals surface area (Å²) in [4.78, 5) is 10.9. The summed E-state index contributed by atoms with van der Waals surface area (Å²) >= 11 is 12.2. The fraction of sp³-hybridized carbons (Fsp3) is 0.105. The topological polar surface area (TPSA) is 42.2 Å². The van der Waals surface area contributed by atoms with Crippen LogP contribution in [0.4, 0.5) is 0 Å². The smallest absolute Gasteiger partial charge is 0.303 e. The minimum Gasteiger partial charge on any atom is -0.481 e. The Kier molecular flexibility index (Phi) is 4.93. The van der Waals surface area contributed by atoms with Crippen molar-refractivity contribution in [1.82, 2.24) is 4.57 Å². The number of halogens is 2. The quantitative estimate of drug-likeness (QED) is 0.656. The molecule has 0 spiro atoms. The lowest BCUT2D eigenvalue weighted by Crippen LogP contribution is -2.05. The van der Waals surface area contributed by atoms with E-state index >= 15 is 0 Å². The molecule has 1 heterocycles. The van der Waals surface area contributed by atoms with Crippen LogP contribution in [0.3, 0.4) is 0 Å². The monoisotopic (exact) mass is 359 g/mol. The molecule has 3 nitrogen and oxygen atoms in total. The van der Waals surface area contributed by atoms with E-state index < -0.39 is 5.97 Å². The van der Waals surface area contributed by atoms with Crippen LogP contribution in [0, 0.1) is 0 Å². The Balaban J connectivity index is 2.13. The standard InChI is InChI=1S/C19H15Cl2NO2/c20-16-9-6-15(12-17(16)21)22-14(8-11-19(23)24)7-10-18(22)13-4-2-1-3-5-13/h1-7,9-10,12H,8,11H2,(H,23,24). The molecule has 1 aromatic heterocycles. The van der Waals surface area contributed by atoms with E-state index in [-0.39, 0.29) is 6.42 Å². The first-order valence-corrected chi connectivity index (χ1v) is 8.25. The third kappa shape index (κ3) is 3.48. The molecule has 0 unspecified atom stereocenters. The highest BCUT2D eigenvalue weighted by atomic mass is 35.5. The number of nitrogens with zero attached hydrogens (tertiary/aromatic N) is 1. The second-order valence-corrected chi connectivity index (χ2v) is 6.22. The lowest BCUT2D eigenvalue weighted by molar-refractivity contribution is -0.136. The maximum absolute atomic E-state index is 10.9. The van der Waals surface area contributed by atoms with E-state index in [1.54, 1.807) is 12.1 Å². The Morgan fingerprint density at radius 1 is 0.958 bits per heavy atom. The van der Waals surface area contributed by atoms with E-state index in [4.69, 9.17) is 28.3 Å². The summed E-state index contributed by atoms with van der Waals surface area (Å²) in [5, 5.41) is 9.94. The molecule has 0 bridgehead atoms. The van der Waals surface area contributed by atoms with Crippen molar-refractivity contribution in [1.29, 1.82) is 0 Å². The van der Waals surface area contributed by atoms with E-state index in [1.807, 2.05) is 53.1 Å². The number of aromatic nitrogens is 1. The van der Waals surface area contributed by atoms with Crippen LogP contribution in [0.25, 0.3) is 16.9 Å². The number of carboxylic acid groups (broad SMARTS) is 1. The lowest BCUT2D eigenvalue weighted by atomic mass is 10.1. The van der Waals surface area contributed by atoms with Gasteiger partial charge in [0.15, 0.2) is 0 Å².